The molecule has 0 aliphatic heterocycles. The van der Waals surface area contributed by atoms with E-state index in [9.17, 15) is 5.11 Å². The molecule has 1 aromatic rings. The van der Waals surface area contributed by atoms with Crippen LogP contribution in [-0.2, 0) is 4.74 Å². The van der Waals surface area contributed by atoms with E-state index in [4.69, 9.17) is 4.74 Å². The number of rotatable bonds is 9. The Morgan fingerprint density at radius 3 is 2.35 bits per heavy atom. The van der Waals surface area contributed by atoms with Gasteiger partial charge in [-0.3, -0.25) is 4.98 Å². The number of aliphatic hydroxyl groups is 1. The second-order valence-electron chi connectivity index (χ2n) is 5.02. The van der Waals surface area contributed by atoms with Crippen molar-refractivity contribution in [2.24, 2.45) is 0 Å². The van der Waals surface area contributed by atoms with Gasteiger partial charge in [-0.1, -0.05) is 20.8 Å². The number of ether oxygens (including phenoxy) is 1. The van der Waals surface area contributed by atoms with Crippen LogP contribution in [0.5, 0.6) is 0 Å². The van der Waals surface area contributed by atoms with E-state index in [0.29, 0.717) is 19.1 Å². The maximum absolute atomic E-state index is 9.81. The first-order chi connectivity index (χ1) is 9.67. The molecular weight excluding hydrogens is 252 g/mol. The van der Waals surface area contributed by atoms with Gasteiger partial charge in [0.15, 0.2) is 0 Å². The third-order valence-electron chi connectivity index (χ3n) is 3.75. The first-order valence-electron chi connectivity index (χ1n) is 7.57. The zero-order chi connectivity index (χ0) is 15.0. The third-order valence-corrected chi connectivity index (χ3v) is 3.75. The number of hydrogen-bond acceptors (Lipinski definition) is 4. The fraction of sp³-hybridized carbons (Fsp3) is 0.688. The van der Waals surface area contributed by atoms with E-state index in [1.54, 1.807) is 7.11 Å². The molecule has 1 aromatic heterocycles. The van der Waals surface area contributed by atoms with Gasteiger partial charge in [-0.25, -0.2) is 0 Å². The van der Waals surface area contributed by atoms with Crippen molar-refractivity contribution in [3.63, 3.8) is 0 Å². The van der Waals surface area contributed by atoms with E-state index in [1.165, 1.54) is 0 Å². The van der Waals surface area contributed by atoms with Gasteiger partial charge >= 0.3 is 0 Å². The number of aliphatic hydroxyl groups excluding tert-OH is 1. The van der Waals surface area contributed by atoms with Crippen molar-refractivity contribution in [2.45, 2.75) is 52.2 Å². The number of pyridine rings is 1. The topological polar surface area (TPSA) is 45.6 Å². The van der Waals surface area contributed by atoms with Crippen molar-refractivity contribution >= 4 is 5.69 Å². The van der Waals surface area contributed by atoms with Crippen LogP contribution in [0.15, 0.2) is 18.3 Å². The zero-order valence-electron chi connectivity index (χ0n) is 13.2. The number of aromatic nitrogens is 1. The highest BCUT2D eigenvalue weighted by Crippen LogP contribution is 2.22. The predicted octanol–water partition coefficient (Wildman–Crippen LogP) is 3.17. The Balaban J connectivity index is 2.89. The molecule has 1 atom stereocenters. The van der Waals surface area contributed by atoms with Crippen LogP contribution in [0, 0.1) is 0 Å². The number of nitrogens with zero attached hydrogens (tertiary/aromatic N) is 2. The molecule has 0 aliphatic carbocycles. The number of anilines is 1. The molecule has 0 spiro atoms. The molecule has 4 nitrogen and oxygen atoms in total. The summed E-state index contributed by atoms with van der Waals surface area (Å²) in [5.74, 6) is 0. The maximum Gasteiger partial charge on any atom is 0.0957 e. The highest BCUT2D eigenvalue weighted by Gasteiger charge is 2.16. The van der Waals surface area contributed by atoms with E-state index in [1.807, 2.05) is 19.2 Å². The molecule has 0 bridgehead atoms. The van der Waals surface area contributed by atoms with Gasteiger partial charge in [-0.2, -0.15) is 0 Å². The van der Waals surface area contributed by atoms with E-state index in [0.717, 1.165) is 30.8 Å². The van der Waals surface area contributed by atoms with Crippen molar-refractivity contribution in [3.8, 4) is 0 Å². The van der Waals surface area contributed by atoms with Gasteiger partial charge in [-0.15, -0.1) is 0 Å². The molecule has 4 heteroatoms. The zero-order valence-corrected chi connectivity index (χ0v) is 13.2. The molecular formula is C16H28N2O2. The second kappa shape index (κ2) is 8.93. The van der Waals surface area contributed by atoms with Crippen LogP contribution in [0.2, 0.25) is 0 Å². The molecule has 0 radical (unpaired) electrons. The van der Waals surface area contributed by atoms with Gasteiger partial charge in [-0.05, 0) is 31.4 Å². The Labute approximate surface area is 122 Å². The molecule has 0 fully saturated rings. The lowest BCUT2D eigenvalue weighted by molar-refractivity contribution is 0.169. The first-order valence-corrected chi connectivity index (χ1v) is 7.57. The Hall–Kier alpha value is -1.13. The first kappa shape index (κ1) is 16.9. The van der Waals surface area contributed by atoms with Gasteiger partial charge < -0.3 is 14.7 Å². The average molecular weight is 280 g/mol. The summed E-state index contributed by atoms with van der Waals surface area (Å²) in [5.41, 5.74) is 1.84. The van der Waals surface area contributed by atoms with Gasteiger partial charge in [0.05, 0.1) is 30.3 Å². The van der Waals surface area contributed by atoms with Crippen LogP contribution >= 0.6 is 0 Å². The van der Waals surface area contributed by atoms with Crippen LogP contribution < -0.4 is 4.90 Å². The lowest BCUT2D eigenvalue weighted by Gasteiger charge is -2.32. The van der Waals surface area contributed by atoms with Crippen molar-refractivity contribution in [3.05, 3.63) is 24.0 Å². The molecule has 1 N–H and O–H groups in total. The summed E-state index contributed by atoms with van der Waals surface area (Å²) in [7, 11) is 1.73. The number of hydrogen-bond donors (Lipinski definition) is 1. The fourth-order valence-electron chi connectivity index (χ4n) is 2.42. The van der Waals surface area contributed by atoms with Gasteiger partial charge in [0.1, 0.15) is 0 Å². The minimum Gasteiger partial charge on any atom is -0.387 e. The largest absolute Gasteiger partial charge is 0.387 e. The van der Waals surface area contributed by atoms with E-state index >= 15 is 0 Å². The van der Waals surface area contributed by atoms with Crippen molar-refractivity contribution < 1.29 is 9.84 Å². The van der Waals surface area contributed by atoms with Crippen molar-refractivity contribution in [1.82, 2.24) is 4.98 Å². The van der Waals surface area contributed by atoms with Crippen LogP contribution in [0.25, 0.3) is 0 Å². The van der Waals surface area contributed by atoms with Gasteiger partial charge in [0.25, 0.3) is 0 Å². The lowest BCUT2D eigenvalue weighted by atomic mass is 10.1. The van der Waals surface area contributed by atoms with E-state index < -0.39 is 6.10 Å². The SMILES string of the molecule is CCC(CC)N(CCOC)c1ccc([C@@H](O)CC)nc1. The number of methoxy groups -OCH3 is 1. The van der Waals surface area contributed by atoms with Crippen LogP contribution in [0.3, 0.4) is 0 Å². The lowest BCUT2D eigenvalue weighted by Crippen LogP contribution is -2.37. The Bertz CT molecular complexity index is 363. The molecule has 0 saturated heterocycles. The van der Waals surface area contributed by atoms with E-state index in [2.05, 4.69) is 29.8 Å². The molecule has 0 saturated carbocycles. The summed E-state index contributed by atoms with van der Waals surface area (Å²) in [4.78, 5) is 6.74. The van der Waals surface area contributed by atoms with Crippen molar-refractivity contribution in [2.75, 3.05) is 25.2 Å². The minimum atomic E-state index is -0.468. The molecule has 0 aliphatic rings. The smallest absolute Gasteiger partial charge is 0.0957 e. The monoisotopic (exact) mass is 280 g/mol. The summed E-state index contributed by atoms with van der Waals surface area (Å²) >= 11 is 0. The molecule has 0 unspecified atom stereocenters. The molecule has 20 heavy (non-hydrogen) atoms. The maximum atomic E-state index is 9.81. The third kappa shape index (κ3) is 4.46. The standard InChI is InChI=1S/C16H28N2O2/c1-5-13(6-2)18(10-11-20-4)14-8-9-15(17-12-14)16(19)7-3/h8-9,12-13,16,19H,5-7,10-11H2,1-4H3/t16-/m0/s1. The Morgan fingerprint density at radius 1 is 1.20 bits per heavy atom. The molecule has 0 amide bonds. The molecule has 1 heterocycles. The highest BCUT2D eigenvalue weighted by molar-refractivity contribution is 5.46. The minimum absolute atomic E-state index is 0.468. The van der Waals surface area contributed by atoms with E-state index in [-0.39, 0.29) is 0 Å². The average Bonchev–Trinajstić information content (AvgIpc) is 2.51. The van der Waals surface area contributed by atoms with Crippen molar-refractivity contribution in [1.29, 1.82) is 0 Å². The summed E-state index contributed by atoms with van der Waals surface area (Å²) in [6.07, 6.45) is 4.28. The quantitative estimate of drug-likeness (QED) is 0.754. The molecule has 1 rings (SSSR count). The van der Waals surface area contributed by atoms with Crippen LogP contribution in [0.4, 0.5) is 5.69 Å². The predicted molar refractivity (Wildman–Crippen MR) is 83.1 cm³/mol. The summed E-state index contributed by atoms with van der Waals surface area (Å²) in [5, 5.41) is 9.81. The van der Waals surface area contributed by atoms with Gasteiger partial charge in [0.2, 0.25) is 0 Å². The highest BCUT2D eigenvalue weighted by atomic mass is 16.5. The van der Waals surface area contributed by atoms with Crippen LogP contribution in [-0.4, -0.2) is 36.4 Å². The summed E-state index contributed by atoms with van der Waals surface area (Å²) in [6.45, 7) is 7.93. The fourth-order valence-corrected chi connectivity index (χ4v) is 2.42. The molecule has 0 aromatic carbocycles. The van der Waals surface area contributed by atoms with Crippen LogP contribution in [0.1, 0.15) is 51.8 Å². The Kier molecular flexibility index (Phi) is 7.55. The summed E-state index contributed by atoms with van der Waals surface area (Å²) < 4.78 is 5.21. The van der Waals surface area contributed by atoms with Gasteiger partial charge in [0, 0.05) is 19.7 Å². The second-order valence-corrected chi connectivity index (χ2v) is 5.02. The normalized spacial score (nSPS) is 12.7. The summed E-state index contributed by atoms with van der Waals surface area (Å²) in [6, 6.07) is 4.47. The Morgan fingerprint density at radius 2 is 1.90 bits per heavy atom. The molecule has 114 valence electrons.